The van der Waals surface area contributed by atoms with Crippen molar-refractivity contribution in [2.45, 2.75) is 0 Å². The Morgan fingerprint density at radius 3 is 2.26 bits per heavy atom. The van der Waals surface area contributed by atoms with Gasteiger partial charge in [-0.1, -0.05) is 48.0 Å². The zero-order valence-corrected chi connectivity index (χ0v) is 11.4. The zero-order chi connectivity index (χ0) is 13.6. The van der Waals surface area contributed by atoms with Crippen molar-refractivity contribution in [1.82, 2.24) is 0 Å². The minimum absolute atomic E-state index is 0.0982. The van der Waals surface area contributed by atoms with E-state index in [1.165, 1.54) is 0 Å². The molecule has 1 aliphatic rings. The third-order valence-electron chi connectivity index (χ3n) is 3.10. The quantitative estimate of drug-likeness (QED) is 0.750. The fourth-order valence-electron chi connectivity index (χ4n) is 2.18. The van der Waals surface area contributed by atoms with E-state index in [1.54, 1.807) is 29.2 Å². The van der Waals surface area contributed by atoms with Gasteiger partial charge in [0.25, 0.3) is 5.91 Å². The number of benzene rings is 2. The van der Waals surface area contributed by atoms with E-state index in [0.717, 1.165) is 5.56 Å². The maximum atomic E-state index is 12.4. The van der Waals surface area contributed by atoms with Crippen LogP contribution in [0.15, 0.2) is 49.0 Å². The molecule has 0 saturated heterocycles. The Kier molecular flexibility index (Phi) is 2.85. The summed E-state index contributed by atoms with van der Waals surface area (Å²) in [4.78, 5) is 13.9. The molecule has 0 atom stereocenters. The largest absolute Gasteiger partial charge is 0.277 e. The normalized spacial score (nSPS) is 13.9. The molecule has 94 valence electrons. The molecule has 3 rings (SSSR count). The van der Waals surface area contributed by atoms with E-state index in [4.69, 9.17) is 23.2 Å². The molecule has 1 heterocycles. The number of amides is 1. The zero-order valence-electron chi connectivity index (χ0n) is 9.86. The second-order valence-corrected chi connectivity index (χ2v) is 5.05. The van der Waals surface area contributed by atoms with Crippen molar-refractivity contribution >= 4 is 40.5 Å². The van der Waals surface area contributed by atoms with Crippen molar-refractivity contribution in [1.29, 1.82) is 0 Å². The molecule has 4 heteroatoms. The van der Waals surface area contributed by atoms with E-state index in [1.807, 2.05) is 18.2 Å². The summed E-state index contributed by atoms with van der Waals surface area (Å²) in [5.41, 5.74) is 2.82. The Labute approximate surface area is 120 Å². The van der Waals surface area contributed by atoms with Crippen LogP contribution in [-0.4, -0.2) is 5.91 Å². The lowest BCUT2D eigenvalue weighted by molar-refractivity contribution is 0.101. The molecular weight excluding hydrogens is 281 g/mol. The van der Waals surface area contributed by atoms with Crippen LogP contribution in [0, 0.1) is 0 Å². The number of halogens is 2. The van der Waals surface area contributed by atoms with Crippen LogP contribution in [-0.2, 0) is 0 Å². The second kappa shape index (κ2) is 4.41. The first kappa shape index (κ1) is 12.3. The number of carbonyl (C=O) groups excluding carboxylic acids is 1. The minimum Gasteiger partial charge on any atom is -0.277 e. The van der Waals surface area contributed by atoms with Gasteiger partial charge in [0.2, 0.25) is 0 Å². The Balaban J connectivity index is 2.11. The van der Waals surface area contributed by atoms with Crippen LogP contribution in [0.5, 0.6) is 0 Å². The summed E-state index contributed by atoms with van der Waals surface area (Å²) in [7, 11) is 0. The van der Waals surface area contributed by atoms with E-state index in [9.17, 15) is 4.79 Å². The first-order valence-corrected chi connectivity index (χ1v) is 6.43. The molecule has 0 radical (unpaired) electrons. The number of rotatable bonds is 1. The first-order valence-electron chi connectivity index (χ1n) is 5.67. The van der Waals surface area contributed by atoms with Crippen LogP contribution in [0.3, 0.4) is 0 Å². The van der Waals surface area contributed by atoms with Gasteiger partial charge in [0, 0.05) is 11.1 Å². The lowest BCUT2D eigenvalue weighted by Crippen LogP contribution is -2.21. The van der Waals surface area contributed by atoms with E-state index in [0.29, 0.717) is 27.0 Å². The van der Waals surface area contributed by atoms with Gasteiger partial charge >= 0.3 is 0 Å². The maximum absolute atomic E-state index is 12.4. The molecule has 0 N–H and O–H groups in total. The van der Waals surface area contributed by atoms with Crippen molar-refractivity contribution in [3.05, 3.63) is 70.2 Å². The summed E-state index contributed by atoms with van der Waals surface area (Å²) in [6, 6.07) is 12.5. The number of carbonyl (C=O) groups is 1. The standard InChI is InChI=1S/C15H9Cl2NO/c1-9-11-4-2-3-5-12(11)15(19)18(9)10-6-7-13(16)14(17)8-10/h2-8H,1H2. The highest BCUT2D eigenvalue weighted by Crippen LogP contribution is 2.37. The van der Waals surface area contributed by atoms with Crippen LogP contribution in [0.2, 0.25) is 10.0 Å². The van der Waals surface area contributed by atoms with Crippen LogP contribution in [0.25, 0.3) is 5.70 Å². The first-order chi connectivity index (χ1) is 9.09. The van der Waals surface area contributed by atoms with Crippen molar-refractivity contribution in [3.8, 4) is 0 Å². The lowest BCUT2D eigenvalue weighted by Gasteiger charge is -2.18. The third-order valence-corrected chi connectivity index (χ3v) is 3.84. The van der Waals surface area contributed by atoms with Gasteiger partial charge < -0.3 is 0 Å². The average molecular weight is 290 g/mol. The predicted molar refractivity (Wildman–Crippen MR) is 78.7 cm³/mol. The average Bonchev–Trinajstić information content (AvgIpc) is 2.66. The van der Waals surface area contributed by atoms with Gasteiger partial charge in [-0.2, -0.15) is 0 Å². The van der Waals surface area contributed by atoms with Gasteiger partial charge in [0.1, 0.15) is 0 Å². The summed E-state index contributed by atoms with van der Waals surface area (Å²) >= 11 is 11.9. The van der Waals surface area contributed by atoms with Crippen molar-refractivity contribution in [3.63, 3.8) is 0 Å². The predicted octanol–water partition coefficient (Wildman–Crippen LogP) is 4.62. The molecule has 0 aliphatic carbocycles. The van der Waals surface area contributed by atoms with Crippen LogP contribution in [0.1, 0.15) is 15.9 Å². The molecule has 0 saturated carbocycles. The van der Waals surface area contributed by atoms with Gasteiger partial charge in [0.05, 0.1) is 21.4 Å². The summed E-state index contributed by atoms with van der Waals surface area (Å²) in [5, 5.41) is 0.871. The lowest BCUT2D eigenvalue weighted by atomic mass is 10.1. The summed E-state index contributed by atoms with van der Waals surface area (Å²) < 4.78 is 0. The highest BCUT2D eigenvalue weighted by molar-refractivity contribution is 6.42. The molecule has 0 unspecified atom stereocenters. The SMILES string of the molecule is C=C1c2ccccc2C(=O)N1c1ccc(Cl)c(Cl)c1. The highest BCUT2D eigenvalue weighted by Gasteiger charge is 2.31. The Hall–Kier alpha value is -1.77. The monoisotopic (exact) mass is 289 g/mol. The number of nitrogens with zero attached hydrogens (tertiary/aromatic N) is 1. The Morgan fingerprint density at radius 2 is 1.63 bits per heavy atom. The van der Waals surface area contributed by atoms with Crippen molar-refractivity contribution in [2.24, 2.45) is 0 Å². The fraction of sp³-hybridized carbons (Fsp3) is 0. The molecule has 0 aromatic heterocycles. The van der Waals surface area contributed by atoms with Crippen molar-refractivity contribution in [2.75, 3.05) is 4.90 Å². The highest BCUT2D eigenvalue weighted by atomic mass is 35.5. The van der Waals surface area contributed by atoms with Crippen LogP contribution in [0.4, 0.5) is 5.69 Å². The molecule has 19 heavy (non-hydrogen) atoms. The molecule has 1 amide bonds. The van der Waals surface area contributed by atoms with Gasteiger partial charge in [-0.05, 0) is 24.3 Å². The third kappa shape index (κ3) is 1.84. The van der Waals surface area contributed by atoms with Gasteiger partial charge in [-0.25, -0.2) is 0 Å². The second-order valence-electron chi connectivity index (χ2n) is 4.23. The Morgan fingerprint density at radius 1 is 0.947 bits per heavy atom. The topological polar surface area (TPSA) is 20.3 Å². The molecular formula is C15H9Cl2NO. The molecule has 0 bridgehead atoms. The van der Waals surface area contributed by atoms with E-state index in [2.05, 4.69) is 6.58 Å². The smallest absolute Gasteiger partial charge is 0.263 e. The molecule has 2 nitrogen and oxygen atoms in total. The molecule has 0 spiro atoms. The summed E-state index contributed by atoms with van der Waals surface area (Å²) in [6.07, 6.45) is 0. The van der Waals surface area contributed by atoms with Gasteiger partial charge in [-0.15, -0.1) is 0 Å². The number of hydrogen-bond donors (Lipinski definition) is 0. The minimum atomic E-state index is -0.0982. The number of anilines is 1. The van der Waals surface area contributed by atoms with Crippen molar-refractivity contribution < 1.29 is 4.79 Å². The Bertz CT molecular complexity index is 674. The molecule has 2 aromatic rings. The van der Waals surface area contributed by atoms with E-state index < -0.39 is 0 Å². The molecule has 1 aliphatic heterocycles. The maximum Gasteiger partial charge on any atom is 0.263 e. The van der Waals surface area contributed by atoms with Crippen LogP contribution >= 0.6 is 23.2 Å². The van der Waals surface area contributed by atoms with Gasteiger partial charge in [0.15, 0.2) is 0 Å². The fourth-order valence-corrected chi connectivity index (χ4v) is 2.47. The van der Waals surface area contributed by atoms with E-state index in [-0.39, 0.29) is 5.91 Å². The number of hydrogen-bond acceptors (Lipinski definition) is 1. The van der Waals surface area contributed by atoms with Gasteiger partial charge in [-0.3, -0.25) is 9.69 Å². The summed E-state index contributed by atoms with van der Waals surface area (Å²) in [5.74, 6) is -0.0982. The summed E-state index contributed by atoms with van der Waals surface area (Å²) in [6.45, 7) is 3.98. The molecule has 0 fully saturated rings. The van der Waals surface area contributed by atoms with Crippen LogP contribution < -0.4 is 4.90 Å². The number of fused-ring (bicyclic) bond motifs is 1. The molecule has 2 aromatic carbocycles. The van der Waals surface area contributed by atoms with E-state index >= 15 is 0 Å².